The van der Waals surface area contributed by atoms with Gasteiger partial charge < -0.3 is 15.7 Å². The summed E-state index contributed by atoms with van der Waals surface area (Å²) in [5.74, 6) is 0.349. The number of aryl methyl sites for hydroxylation is 1. The van der Waals surface area contributed by atoms with Gasteiger partial charge in [0.2, 0.25) is 0 Å². The number of aromatic hydroxyl groups is 1. The number of phenols is 1. The number of phenolic OH excluding ortho intramolecular Hbond substituents is 1. The molecule has 0 unspecified atom stereocenters. The van der Waals surface area contributed by atoms with E-state index in [2.05, 4.69) is 22.3 Å². The van der Waals surface area contributed by atoms with Crippen molar-refractivity contribution in [2.75, 3.05) is 11.9 Å². The fourth-order valence-electron chi connectivity index (χ4n) is 2.55. The molecule has 6 heteroatoms. The SMILES string of the molecule is C=C1NC(CNc2ccc(C)c(O)c2)=CC(=O)N1/N=C(C)/C(/C=C\C)=C/C.CC. The van der Waals surface area contributed by atoms with E-state index in [9.17, 15) is 9.90 Å². The lowest BCUT2D eigenvalue weighted by Gasteiger charge is -2.26. The second-order valence-corrected chi connectivity index (χ2v) is 6.18. The van der Waals surface area contributed by atoms with Gasteiger partial charge in [0, 0.05) is 23.5 Å². The fraction of sp³-hybridized carbons (Fsp3) is 0.304. The molecule has 2 rings (SSSR count). The number of carbonyl (C=O) groups is 1. The second kappa shape index (κ2) is 11.5. The molecule has 1 aliphatic heterocycles. The summed E-state index contributed by atoms with van der Waals surface area (Å²) in [4.78, 5) is 12.5. The molecular weight excluding hydrogens is 364 g/mol. The van der Waals surface area contributed by atoms with Crippen molar-refractivity contribution in [3.63, 3.8) is 0 Å². The van der Waals surface area contributed by atoms with Gasteiger partial charge in [-0.3, -0.25) is 4.79 Å². The van der Waals surface area contributed by atoms with Crippen molar-refractivity contribution in [2.24, 2.45) is 5.10 Å². The molecule has 1 aromatic rings. The molecule has 0 fully saturated rings. The van der Waals surface area contributed by atoms with Crippen molar-refractivity contribution in [3.05, 3.63) is 71.7 Å². The first-order chi connectivity index (χ1) is 13.8. The summed E-state index contributed by atoms with van der Waals surface area (Å²) in [5, 5.41) is 21.7. The highest BCUT2D eigenvalue weighted by Gasteiger charge is 2.21. The zero-order chi connectivity index (χ0) is 22.0. The molecule has 0 saturated heterocycles. The lowest BCUT2D eigenvalue weighted by Crippen LogP contribution is -2.38. The van der Waals surface area contributed by atoms with Gasteiger partial charge in [0.05, 0.1) is 12.3 Å². The Bertz CT molecular complexity index is 864. The molecule has 0 saturated carbocycles. The van der Waals surface area contributed by atoms with Crippen LogP contribution in [0.1, 0.15) is 40.2 Å². The lowest BCUT2D eigenvalue weighted by molar-refractivity contribution is -0.125. The Morgan fingerprint density at radius 1 is 1.34 bits per heavy atom. The number of hydrogen-bond acceptors (Lipinski definition) is 5. The van der Waals surface area contributed by atoms with E-state index < -0.39 is 0 Å². The number of hydrazone groups is 1. The normalized spacial score (nSPS) is 15.0. The zero-order valence-corrected chi connectivity index (χ0v) is 18.2. The van der Waals surface area contributed by atoms with Crippen LogP contribution in [0.5, 0.6) is 5.75 Å². The highest BCUT2D eigenvalue weighted by molar-refractivity contribution is 6.02. The van der Waals surface area contributed by atoms with Crippen molar-refractivity contribution in [1.29, 1.82) is 0 Å². The predicted octanol–water partition coefficient (Wildman–Crippen LogP) is 4.82. The molecule has 156 valence electrons. The van der Waals surface area contributed by atoms with Gasteiger partial charge in [0.15, 0.2) is 0 Å². The van der Waals surface area contributed by atoms with Crippen molar-refractivity contribution >= 4 is 17.3 Å². The highest BCUT2D eigenvalue weighted by Crippen LogP contribution is 2.21. The van der Waals surface area contributed by atoms with E-state index in [1.807, 2.05) is 71.9 Å². The summed E-state index contributed by atoms with van der Waals surface area (Å²) in [5.41, 5.74) is 3.90. The van der Waals surface area contributed by atoms with Crippen LogP contribution in [0.25, 0.3) is 0 Å². The summed E-state index contributed by atoms with van der Waals surface area (Å²) in [7, 11) is 0. The van der Waals surface area contributed by atoms with Crippen LogP contribution in [0.2, 0.25) is 0 Å². The van der Waals surface area contributed by atoms with Crippen LogP contribution < -0.4 is 10.6 Å². The van der Waals surface area contributed by atoms with E-state index in [0.717, 1.165) is 22.5 Å². The van der Waals surface area contributed by atoms with Crippen LogP contribution in [0.4, 0.5) is 5.69 Å². The molecule has 3 N–H and O–H groups in total. The van der Waals surface area contributed by atoms with Crippen LogP contribution >= 0.6 is 0 Å². The van der Waals surface area contributed by atoms with E-state index in [1.54, 1.807) is 6.07 Å². The molecule has 0 bridgehead atoms. The van der Waals surface area contributed by atoms with Gasteiger partial charge in [-0.15, -0.1) is 0 Å². The maximum Gasteiger partial charge on any atom is 0.274 e. The van der Waals surface area contributed by atoms with Crippen molar-refractivity contribution in [2.45, 2.75) is 41.5 Å². The molecule has 1 heterocycles. The van der Waals surface area contributed by atoms with Gasteiger partial charge in [-0.2, -0.15) is 10.1 Å². The summed E-state index contributed by atoms with van der Waals surface area (Å²) in [6, 6.07) is 5.34. The van der Waals surface area contributed by atoms with Crippen molar-refractivity contribution < 1.29 is 9.90 Å². The van der Waals surface area contributed by atoms with Gasteiger partial charge in [0.25, 0.3) is 5.91 Å². The largest absolute Gasteiger partial charge is 0.508 e. The van der Waals surface area contributed by atoms with Crippen LogP contribution in [0.15, 0.2) is 71.3 Å². The first-order valence-corrected chi connectivity index (χ1v) is 9.74. The summed E-state index contributed by atoms with van der Waals surface area (Å²) < 4.78 is 0. The molecule has 1 aliphatic rings. The third-order valence-corrected chi connectivity index (χ3v) is 4.08. The third-order valence-electron chi connectivity index (χ3n) is 4.08. The van der Waals surface area contributed by atoms with Crippen molar-refractivity contribution in [1.82, 2.24) is 10.3 Å². The maximum atomic E-state index is 12.5. The molecular formula is C23H32N4O2. The molecule has 0 atom stereocenters. The van der Waals surface area contributed by atoms with Gasteiger partial charge in [-0.25, -0.2) is 0 Å². The molecule has 29 heavy (non-hydrogen) atoms. The minimum atomic E-state index is -0.266. The van der Waals surface area contributed by atoms with Crippen LogP contribution in [-0.2, 0) is 4.79 Å². The number of anilines is 1. The van der Waals surface area contributed by atoms with E-state index in [1.165, 1.54) is 11.1 Å². The number of allylic oxidation sites excluding steroid dienone is 4. The third kappa shape index (κ3) is 6.68. The van der Waals surface area contributed by atoms with Gasteiger partial charge >= 0.3 is 0 Å². The Labute approximate surface area is 174 Å². The molecule has 0 spiro atoms. The van der Waals surface area contributed by atoms with Gasteiger partial charge in [-0.05, 0) is 44.9 Å². The number of hydrogen-bond donors (Lipinski definition) is 3. The summed E-state index contributed by atoms with van der Waals surface area (Å²) in [6.45, 7) is 15.8. The topological polar surface area (TPSA) is 77.0 Å². The smallest absolute Gasteiger partial charge is 0.274 e. The minimum absolute atomic E-state index is 0.225. The Morgan fingerprint density at radius 2 is 2.03 bits per heavy atom. The number of nitrogens with one attached hydrogen (secondary N) is 2. The van der Waals surface area contributed by atoms with E-state index in [0.29, 0.717) is 18.1 Å². The lowest BCUT2D eigenvalue weighted by atomic mass is 10.1. The zero-order valence-electron chi connectivity index (χ0n) is 18.2. The Balaban J connectivity index is 0.00000204. The Hall–Kier alpha value is -3.28. The van der Waals surface area contributed by atoms with Crippen molar-refractivity contribution in [3.8, 4) is 5.75 Å². The summed E-state index contributed by atoms with van der Waals surface area (Å²) >= 11 is 0. The molecule has 0 aromatic heterocycles. The first-order valence-electron chi connectivity index (χ1n) is 9.74. The molecule has 6 nitrogen and oxygen atoms in total. The molecule has 0 aliphatic carbocycles. The van der Waals surface area contributed by atoms with E-state index >= 15 is 0 Å². The minimum Gasteiger partial charge on any atom is -0.508 e. The Kier molecular flexibility index (Phi) is 9.45. The molecule has 1 amide bonds. The van der Waals surface area contributed by atoms with Crippen LogP contribution in [-0.4, -0.2) is 28.3 Å². The highest BCUT2D eigenvalue weighted by atomic mass is 16.3. The van der Waals surface area contributed by atoms with Gasteiger partial charge in [-0.1, -0.05) is 44.7 Å². The van der Waals surface area contributed by atoms with E-state index in [-0.39, 0.29) is 11.7 Å². The average molecular weight is 397 g/mol. The number of benzene rings is 1. The number of rotatable bonds is 6. The Morgan fingerprint density at radius 3 is 2.59 bits per heavy atom. The predicted molar refractivity (Wildman–Crippen MR) is 122 cm³/mol. The number of nitrogens with zero attached hydrogens (tertiary/aromatic N) is 2. The monoisotopic (exact) mass is 396 g/mol. The number of amides is 1. The molecule has 1 aromatic carbocycles. The average Bonchev–Trinajstić information content (AvgIpc) is 2.71. The summed E-state index contributed by atoms with van der Waals surface area (Å²) in [6.07, 6.45) is 7.28. The van der Waals surface area contributed by atoms with Gasteiger partial charge in [0.1, 0.15) is 11.6 Å². The van der Waals surface area contributed by atoms with E-state index in [4.69, 9.17) is 0 Å². The maximum absolute atomic E-state index is 12.5. The quantitative estimate of drug-likeness (QED) is 0.476. The number of carbonyl (C=O) groups excluding carboxylic acids is 1. The first kappa shape index (κ1) is 23.8. The fourth-order valence-corrected chi connectivity index (χ4v) is 2.55. The second-order valence-electron chi connectivity index (χ2n) is 6.18. The molecule has 0 radical (unpaired) electrons. The van der Waals surface area contributed by atoms with Crippen LogP contribution in [0, 0.1) is 6.92 Å². The standard InChI is InChI=1S/C21H26N4O2.C2H6/c1-6-8-17(7-2)15(4)24-25-16(5)23-19(12-21(25)27)13-22-18-10-9-14(3)20(26)11-18;1-2/h6-12,22-23,26H,5,13H2,1-4H3;1-2H3/b8-6-,17-7+,24-15+;. The van der Waals surface area contributed by atoms with Crippen LogP contribution in [0.3, 0.4) is 0 Å².